The predicted octanol–water partition coefficient (Wildman–Crippen LogP) is 3.90. The standard InChI is InChI=1S/C18H19F6N5O/c19-17(20,21)13-1-3-14(4-2-13)27-15-16(26-6-5-25-15)29-9-7-28(8-10-29)11-12-30-18(22,23)24/h1-6H,7-12H2,(H,25,27). The molecule has 0 spiro atoms. The van der Waals surface area contributed by atoms with Crippen LogP contribution in [0.1, 0.15) is 5.56 Å². The van der Waals surface area contributed by atoms with Crippen molar-refractivity contribution in [3.8, 4) is 0 Å². The third kappa shape index (κ3) is 6.20. The average molecular weight is 435 g/mol. The first-order valence-corrected chi connectivity index (χ1v) is 9.05. The molecular weight excluding hydrogens is 416 g/mol. The van der Waals surface area contributed by atoms with Crippen LogP contribution in [0.25, 0.3) is 0 Å². The first-order chi connectivity index (χ1) is 14.1. The number of piperazine rings is 1. The van der Waals surface area contributed by atoms with Gasteiger partial charge in [-0.2, -0.15) is 13.2 Å². The highest BCUT2D eigenvalue weighted by Crippen LogP contribution is 2.31. The lowest BCUT2D eigenvalue weighted by Crippen LogP contribution is -2.48. The number of rotatable bonds is 6. The molecule has 1 fully saturated rings. The summed E-state index contributed by atoms with van der Waals surface area (Å²) in [5.74, 6) is 0.898. The Hall–Kier alpha value is -2.60. The minimum Gasteiger partial charge on any atom is -0.351 e. The highest BCUT2D eigenvalue weighted by molar-refractivity contribution is 5.68. The molecule has 0 radical (unpaired) electrons. The van der Waals surface area contributed by atoms with Gasteiger partial charge in [0.15, 0.2) is 11.6 Å². The van der Waals surface area contributed by atoms with Crippen molar-refractivity contribution < 1.29 is 31.1 Å². The lowest BCUT2D eigenvalue weighted by atomic mass is 10.2. The molecule has 0 atom stereocenters. The summed E-state index contributed by atoms with van der Waals surface area (Å²) in [6.07, 6.45) is -6.10. The number of nitrogens with one attached hydrogen (secondary N) is 1. The van der Waals surface area contributed by atoms with Crippen molar-refractivity contribution in [1.82, 2.24) is 14.9 Å². The summed E-state index contributed by atoms with van der Waals surface area (Å²) in [5.41, 5.74) is -0.328. The summed E-state index contributed by atoms with van der Waals surface area (Å²) in [5, 5.41) is 2.97. The molecule has 3 rings (SSSR count). The van der Waals surface area contributed by atoms with E-state index in [0.717, 1.165) is 12.1 Å². The predicted molar refractivity (Wildman–Crippen MR) is 97.4 cm³/mol. The molecule has 12 heteroatoms. The number of nitrogens with zero attached hydrogens (tertiary/aromatic N) is 4. The van der Waals surface area contributed by atoms with Crippen LogP contribution < -0.4 is 10.2 Å². The summed E-state index contributed by atoms with van der Waals surface area (Å²) in [6.45, 7) is 1.76. The molecule has 30 heavy (non-hydrogen) atoms. The van der Waals surface area contributed by atoms with Crippen molar-refractivity contribution in [3.05, 3.63) is 42.2 Å². The van der Waals surface area contributed by atoms with Crippen LogP contribution >= 0.6 is 0 Å². The summed E-state index contributed by atoms with van der Waals surface area (Å²) in [6, 6.07) is 4.56. The molecule has 164 valence electrons. The van der Waals surface area contributed by atoms with Gasteiger partial charge in [0.05, 0.1) is 12.2 Å². The Balaban J connectivity index is 1.59. The zero-order valence-electron chi connectivity index (χ0n) is 15.7. The maximum atomic E-state index is 12.7. The van der Waals surface area contributed by atoms with E-state index in [1.807, 2.05) is 9.80 Å². The number of alkyl halides is 6. The van der Waals surface area contributed by atoms with Gasteiger partial charge in [0.1, 0.15) is 0 Å². The molecule has 1 saturated heterocycles. The fourth-order valence-corrected chi connectivity index (χ4v) is 3.00. The molecule has 0 unspecified atom stereocenters. The lowest BCUT2D eigenvalue weighted by molar-refractivity contribution is -0.325. The number of benzene rings is 1. The van der Waals surface area contributed by atoms with Crippen LogP contribution in [0.3, 0.4) is 0 Å². The van der Waals surface area contributed by atoms with Crippen molar-refractivity contribution in [1.29, 1.82) is 0 Å². The van der Waals surface area contributed by atoms with E-state index in [-0.39, 0.29) is 6.54 Å². The monoisotopic (exact) mass is 435 g/mol. The Morgan fingerprint density at radius 2 is 1.53 bits per heavy atom. The molecule has 1 aromatic carbocycles. The van der Waals surface area contributed by atoms with Gasteiger partial charge in [-0.05, 0) is 24.3 Å². The zero-order valence-corrected chi connectivity index (χ0v) is 15.7. The fraction of sp³-hybridized carbons (Fsp3) is 0.444. The number of ether oxygens (including phenoxy) is 1. The van der Waals surface area contributed by atoms with Crippen LogP contribution in [-0.2, 0) is 10.9 Å². The molecule has 1 aromatic heterocycles. The molecule has 2 aromatic rings. The highest BCUT2D eigenvalue weighted by Gasteiger charge is 2.30. The molecule has 1 aliphatic rings. The van der Waals surface area contributed by atoms with Gasteiger partial charge < -0.3 is 10.2 Å². The number of anilines is 3. The average Bonchev–Trinajstić information content (AvgIpc) is 2.68. The number of hydrogen-bond donors (Lipinski definition) is 1. The van der Waals surface area contributed by atoms with E-state index in [1.54, 1.807) is 0 Å². The molecule has 0 aliphatic carbocycles. The van der Waals surface area contributed by atoms with Gasteiger partial charge in [0, 0.05) is 50.8 Å². The molecule has 0 amide bonds. The van der Waals surface area contributed by atoms with E-state index in [0.29, 0.717) is 43.5 Å². The van der Waals surface area contributed by atoms with E-state index >= 15 is 0 Å². The van der Waals surface area contributed by atoms with Crippen LogP contribution in [0, 0.1) is 0 Å². The summed E-state index contributed by atoms with van der Waals surface area (Å²) < 4.78 is 78.1. The van der Waals surface area contributed by atoms with Crippen LogP contribution in [-0.4, -0.2) is 60.6 Å². The van der Waals surface area contributed by atoms with Crippen molar-refractivity contribution in [2.24, 2.45) is 0 Å². The first-order valence-electron chi connectivity index (χ1n) is 9.05. The van der Waals surface area contributed by atoms with Crippen molar-refractivity contribution in [2.45, 2.75) is 12.5 Å². The normalized spacial score (nSPS) is 16.0. The number of halogens is 6. The first kappa shape index (κ1) is 22.1. The Labute approximate surface area is 168 Å². The molecule has 1 aliphatic heterocycles. The Morgan fingerprint density at radius 1 is 0.900 bits per heavy atom. The molecule has 6 nitrogen and oxygen atoms in total. The van der Waals surface area contributed by atoms with E-state index in [9.17, 15) is 26.3 Å². The molecule has 2 heterocycles. The van der Waals surface area contributed by atoms with E-state index in [2.05, 4.69) is 20.0 Å². The van der Waals surface area contributed by atoms with Gasteiger partial charge in [0.2, 0.25) is 0 Å². The molecule has 1 N–H and O–H groups in total. The summed E-state index contributed by atoms with van der Waals surface area (Å²) in [4.78, 5) is 12.3. The SMILES string of the molecule is FC(F)(F)OCCN1CCN(c2nccnc2Nc2ccc(C(F)(F)F)cc2)CC1. The molecular formula is C18H19F6N5O. The molecule has 0 saturated carbocycles. The van der Waals surface area contributed by atoms with Crippen LogP contribution in [0.5, 0.6) is 0 Å². The van der Waals surface area contributed by atoms with Gasteiger partial charge >= 0.3 is 12.5 Å². The number of aromatic nitrogens is 2. The quantitative estimate of drug-likeness (QED) is 0.695. The second kappa shape index (κ2) is 9.04. The smallest absolute Gasteiger partial charge is 0.351 e. The topological polar surface area (TPSA) is 53.5 Å². The van der Waals surface area contributed by atoms with Crippen molar-refractivity contribution >= 4 is 17.3 Å². The Kier molecular flexibility index (Phi) is 6.66. The fourth-order valence-electron chi connectivity index (χ4n) is 3.00. The van der Waals surface area contributed by atoms with Crippen LogP contribution in [0.15, 0.2) is 36.7 Å². The maximum absolute atomic E-state index is 12.7. The molecule has 0 bridgehead atoms. The third-order valence-electron chi connectivity index (χ3n) is 4.50. The zero-order chi connectivity index (χ0) is 21.8. The van der Waals surface area contributed by atoms with Gasteiger partial charge in [-0.1, -0.05) is 0 Å². The summed E-state index contributed by atoms with van der Waals surface area (Å²) >= 11 is 0. The van der Waals surface area contributed by atoms with E-state index < -0.39 is 24.7 Å². The Morgan fingerprint density at radius 3 is 2.13 bits per heavy atom. The summed E-state index contributed by atoms with van der Waals surface area (Å²) in [7, 11) is 0. The minimum atomic E-state index is -4.64. The van der Waals surface area contributed by atoms with E-state index in [4.69, 9.17) is 0 Å². The number of hydrogen-bond acceptors (Lipinski definition) is 6. The third-order valence-corrected chi connectivity index (χ3v) is 4.50. The van der Waals surface area contributed by atoms with E-state index in [1.165, 1.54) is 24.5 Å². The minimum absolute atomic E-state index is 0.157. The van der Waals surface area contributed by atoms with Gasteiger partial charge in [0.25, 0.3) is 0 Å². The second-order valence-corrected chi connectivity index (χ2v) is 6.55. The van der Waals surface area contributed by atoms with Crippen molar-refractivity contribution in [3.63, 3.8) is 0 Å². The van der Waals surface area contributed by atoms with Crippen molar-refractivity contribution in [2.75, 3.05) is 49.5 Å². The maximum Gasteiger partial charge on any atom is 0.522 e. The lowest BCUT2D eigenvalue weighted by Gasteiger charge is -2.35. The van der Waals surface area contributed by atoms with Gasteiger partial charge in [-0.3, -0.25) is 9.64 Å². The second-order valence-electron chi connectivity index (χ2n) is 6.55. The van der Waals surface area contributed by atoms with Gasteiger partial charge in [-0.15, -0.1) is 13.2 Å². The van der Waals surface area contributed by atoms with Gasteiger partial charge in [-0.25, -0.2) is 9.97 Å². The largest absolute Gasteiger partial charge is 0.522 e. The van der Waals surface area contributed by atoms with Crippen LogP contribution in [0.4, 0.5) is 43.7 Å². The Bertz CT molecular complexity index is 819. The van der Waals surface area contributed by atoms with Crippen LogP contribution in [0.2, 0.25) is 0 Å². The highest BCUT2D eigenvalue weighted by atomic mass is 19.4.